The Balaban J connectivity index is 1.61. The van der Waals surface area contributed by atoms with E-state index in [9.17, 15) is 13.2 Å². The summed E-state index contributed by atoms with van der Waals surface area (Å²) in [5.41, 5.74) is 0.682. The van der Waals surface area contributed by atoms with Crippen molar-refractivity contribution >= 4 is 16.0 Å². The maximum Gasteiger partial charge on any atom is 0.324 e. The van der Waals surface area contributed by atoms with Crippen LogP contribution in [0.4, 0.5) is 0 Å². The minimum absolute atomic E-state index is 0.0227. The Hall–Kier alpha value is -2.33. The first kappa shape index (κ1) is 18.5. The first-order valence-electron chi connectivity index (χ1n) is 8.40. The van der Waals surface area contributed by atoms with E-state index >= 15 is 0 Å². The van der Waals surface area contributed by atoms with Crippen LogP contribution in [0.2, 0.25) is 0 Å². The van der Waals surface area contributed by atoms with Crippen molar-refractivity contribution in [2.24, 2.45) is 0 Å². The Bertz CT molecular complexity index is 853. The highest BCUT2D eigenvalue weighted by Gasteiger charge is 2.39. The average Bonchev–Trinajstić information content (AvgIpc) is 3.30. The fourth-order valence-corrected chi connectivity index (χ4v) is 4.58. The molecule has 0 bridgehead atoms. The standard InChI is InChI=1S/C16H20N4O5S/c1-2-9-26(22,23)20-8-4-6-13(20)16(21)24-11-14-18-15(19-25-14)12-5-3-7-17-10-12/h3,5,7,10,13H,2,4,6,8-9,11H2,1H3. The van der Waals surface area contributed by atoms with E-state index < -0.39 is 22.0 Å². The SMILES string of the molecule is CCCS(=O)(=O)N1CCCC1C(=O)OCc1nc(-c2cccnc2)no1. The van der Waals surface area contributed by atoms with Crippen LogP contribution in [-0.2, 0) is 26.2 Å². The third-order valence-electron chi connectivity index (χ3n) is 4.02. The summed E-state index contributed by atoms with van der Waals surface area (Å²) in [6.07, 6.45) is 4.81. The predicted octanol–water partition coefficient (Wildman–Crippen LogP) is 1.38. The third-order valence-corrected chi connectivity index (χ3v) is 6.10. The fraction of sp³-hybridized carbons (Fsp3) is 0.500. The largest absolute Gasteiger partial charge is 0.454 e. The van der Waals surface area contributed by atoms with Crippen molar-refractivity contribution in [1.82, 2.24) is 19.4 Å². The van der Waals surface area contributed by atoms with E-state index in [1.165, 1.54) is 4.31 Å². The van der Waals surface area contributed by atoms with Crippen LogP contribution in [0.3, 0.4) is 0 Å². The minimum atomic E-state index is -3.44. The molecule has 1 fully saturated rings. The molecule has 1 unspecified atom stereocenters. The second kappa shape index (κ2) is 7.92. The van der Waals surface area contributed by atoms with Gasteiger partial charge in [0.1, 0.15) is 6.04 Å². The molecule has 1 saturated heterocycles. The van der Waals surface area contributed by atoms with Crippen molar-refractivity contribution in [3.8, 4) is 11.4 Å². The Kier molecular flexibility index (Phi) is 5.62. The van der Waals surface area contributed by atoms with Crippen molar-refractivity contribution < 1.29 is 22.5 Å². The zero-order valence-corrected chi connectivity index (χ0v) is 15.2. The fourth-order valence-electron chi connectivity index (χ4n) is 2.84. The summed E-state index contributed by atoms with van der Waals surface area (Å²) in [4.78, 5) is 20.5. The Labute approximate surface area is 151 Å². The smallest absolute Gasteiger partial charge is 0.324 e. The van der Waals surface area contributed by atoms with Gasteiger partial charge >= 0.3 is 5.97 Å². The zero-order valence-electron chi connectivity index (χ0n) is 14.4. The number of sulfonamides is 1. The maximum atomic E-state index is 12.3. The summed E-state index contributed by atoms with van der Waals surface area (Å²) in [5, 5.41) is 3.82. The molecule has 2 aromatic heterocycles. The van der Waals surface area contributed by atoms with Gasteiger partial charge in [0.05, 0.1) is 5.75 Å². The number of nitrogens with zero attached hydrogens (tertiary/aromatic N) is 4. The van der Waals surface area contributed by atoms with Gasteiger partial charge in [-0.3, -0.25) is 9.78 Å². The topological polar surface area (TPSA) is 115 Å². The molecular formula is C16H20N4O5S. The summed E-state index contributed by atoms with van der Waals surface area (Å²) in [7, 11) is -3.44. The molecular weight excluding hydrogens is 360 g/mol. The predicted molar refractivity (Wildman–Crippen MR) is 91.1 cm³/mol. The lowest BCUT2D eigenvalue weighted by Crippen LogP contribution is -2.42. The van der Waals surface area contributed by atoms with Crippen LogP contribution in [0.15, 0.2) is 29.0 Å². The van der Waals surface area contributed by atoms with E-state index in [2.05, 4.69) is 15.1 Å². The maximum absolute atomic E-state index is 12.3. The van der Waals surface area contributed by atoms with Gasteiger partial charge in [0, 0.05) is 24.5 Å². The van der Waals surface area contributed by atoms with Crippen molar-refractivity contribution in [1.29, 1.82) is 0 Å². The Morgan fingerprint density at radius 3 is 3.04 bits per heavy atom. The van der Waals surface area contributed by atoms with Crippen molar-refractivity contribution in [2.75, 3.05) is 12.3 Å². The van der Waals surface area contributed by atoms with Crippen LogP contribution < -0.4 is 0 Å². The van der Waals surface area contributed by atoms with Crippen LogP contribution in [0, 0.1) is 0 Å². The molecule has 0 amide bonds. The van der Waals surface area contributed by atoms with E-state index in [4.69, 9.17) is 9.26 Å². The normalized spacial score (nSPS) is 18.1. The van der Waals surface area contributed by atoms with Gasteiger partial charge in [-0.15, -0.1) is 0 Å². The van der Waals surface area contributed by atoms with Crippen molar-refractivity contribution in [2.45, 2.75) is 38.8 Å². The highest BCUT2D eigenvalue weighted by atomic mass is 32.2. The van der Waals surface area contributed by atoms with Gasteiger partial charge in [0.2, 0.25) is 15.8 Å². The summed E-state index contributed by atoms with van der Waals surface area (Å²) >= 11 is 0. The lowest BCUT2D eigenvalue weighted by atomic mass is 10.2. The molecule has 0 radical (unpaired) electrons. The molecule has 0 N–H and O–H groups in total. The molecule has 3 rings (SSSR count). The lowest BCUT2D eigenvalue weighted by Gasteiger charge is -2.22. The van der Waals surface area contributed by atoms with E-state index in [1.54, 1.807) is 31.5 Å². The van der Waals surface area contributed by atoms with E-state index in [0.29, 0.717) is 37.2 Å². The lowest BCUT2D eigenvalue weighted by molar-refractivity contribution is -0.149. The number of hydrogen-bond acceptors (Lipinski definition) is 8. The second-order valence-corrected chi connectivity index (χ2v) is 7.99. The van der Waals surface area contributed by atoms with Gasteiger partial charge in [0.25, 0.3) is 5.89 Å². The number of hydrogen-bond donors (Lipinski definition) is 0. The molecule has 0 aromatic carbocycles. The first-order chi connectivity index (χ1) is 12.5. The number of pyridine rings is 1. The molecule has 2 aromatic rings. The molecule has 0 saturated carbocycles. The molecule has 3 heterocycles. The van der Waals surface area contributed by atoms with E-state index in [0.717, 1.165) is 0 Å². The highest BCUT2D eigenvalue weighted by molar-refractivity contribution is 7.89. The van der Waals surface area contributed by atoms with E-state index in [-0.39, 0.29) is 18.3 Å². The zero-order chi connectivity index (χ0) is 18.6. The number of carbonyl (C=O) groups excluding carboxylic acids is 1. The summed E-state index contributed by atoms with van der Waals surface area (Å²) in [6.45, 7) is 1.93. The van der Waals surface area contributed by atoms with Crippen molar-refractivity contribution in [3.05, 3.63) is 30.4 Å². The van der Waals surface area contributed by atoms with Gasteiger partial charge in [-0.25, -0.2) is 8.42 Å². The van der Waals surface area contributed by atoms with Crippen LogP contribution in [0.1, 0.15) is 32.1 Å². The van der Waals surface area contributed by atoms with Crippen LogP contribution in [0.25, 0.3) is 11.4 Å². The minimum Gasteiger partial charge on any atom is -0.454 e. The average molecular weight is 380 g/mol. The second-order valence-electron chi connectivity index (χ2n) is 5.95. The van der Waals surface area contributed by atoms with Gasteiger partial charge in [-0.2, -0.15) is 9.29 Å². The number of rotatable bonds is 7. The number of ether oxygens (including phenoxy) is 1. The molecule has 0 spiro atoms. The molecule has 140 valence electrons. The third kappa shape index (κ3) is 4.07. The van der Waals surface area contributed by atoms with Gasteiger partial charge in [-0.1, -0.05) is 12.1 Å². The molecule has 1 aliphatic rings. The Morgan fingerprint density at radius 1 is 1.46 bits per heavy atom. The summed E-state index contributed by atoms with van der Waals surface area (Å²) in [6, 6.07) is 2.74. The van der Waals surface area contributed by atoms with Gasteiger partial charge in [-0.05, 0) is 31.4 Å². The van der Waals surface area contributed by atoms with Gasteiger partial charge in [0.15, 0.2) is 6.61 Å². The number of aromatic nitrogens is 3. The molecule has 26 heavy (non-hydrogen) atoms. The van der Waals surface area contributed by atoms with Crippen LogP contribution in [0.5, 0.6) is 0 Å². The monoisotopic (exact) mass is 380 g/mol. The highest BCUT2D eigenvalue weighted by Crippen LogP contribution is 2.23. The number of esters is 1. The first-order valence-corrected chi connectivity index (χ1v) is 10.0. The molecule has 10 heteroatoms. The van der Waals surface area contributed by atoms with E-state index in [1.807, 2.05) is 0 Å². The molecule has 0 aliphatic carbocycles. The van der Waals surface area contributed by atoms with Crippen LogP contribution in [-0.4, -0.2) is 52.2 Å². The Morgan fingerprint density at radius 2 is 2.31 bits per heavy atom. The molecule has 1 aliphatic heterocycles. The van der Waals surface area contributed by atoms with Gasteiger partial charge < -0.3 is 9.26 Å². The summed E-state index contributed by atoms with van der Waals surface area (Å²) in [5.74, 6) is -0.0896. The number of carbonyl (C=O) groups is 1. The summed E-state index contributed by atoms with van der Waals surface area (Å²) < 4.78 is 36.0. The van der Waals surface area contributed by atoms with Crippen LogP contribution >= 0.6 is 0 Å². The molecule has 1 atom stereocenters. The molecule has 9 nitrogen and oxygen atoms in total. The van der Waals surface area contributed by atoms with Crippen molar-refractivity contribution in [3.63, 3.8) is 0 Å². The quantitative estimate of drug-likeness (QED) is 0.662.